The number of nitrogens with zero attached hydrogens (tertiary/aromatic N) is 3. The number of hydroxylamine groups is 1. The number of hydrogen-bond donors (Lipinski definition) is 0. The van der Waals surface area contributed by atoms with Crippen LogP contribution in [-0.4, -0.2) is 42.0 Å². The van der Waals surface area contributed by atoms with E-state index >= 15 is 0 Å². The topological polar surface area (TPSA) is 60.1 Å². The molecule has 0 aromatic heterocycles. The maximum absolute atomic E-state index is 7.71. The van der Waals surface area contributed by atoms with E-state index in [1.54, 1.807) is 5.17 Å². The fourth-order valence-electron chi connectivity index (χ4n) is 3.15. The molecule has 0 aromatic carbocycles. The Hall–Kier alpha value is 0.01000. The summed E-state index contributed by atoms with van der Waals surface area (Å²) in [6.45, 7) is 0. The highest BCUT2D eigenvalue weighted by molar-refractivity contribution is 14.2. The predicted octanol–water partition coefficient (Wildman–Crippen LogP) is 3.75. The summed E-state index contributed by atoms with van der Waals surface area (Å²) in [6, 6.07) is 0. The SMILES string of the molecule is CN(/N=C/C1CCC([OH2+])CC1)OC1CCC(C=NI=S)CC1. The molecule has 0 bridgehead atoms. The highest BCUT2D eigenvalue weighted by Gasteiger charge is 2.23. The lowest BCUT2D eigenvalue weighted by atomic mass is 9.88. The van der Waals surface area contributed by atoms with Crippen molar-refractivity contribution in [1.82, 2.24) is 5.17 Å². The molecule has 0 atom stereocenters. The molecular formula is C15H27IN3O2S+. The van der Waals surface area contributed by atoms with Crippen molar-refractivity contribution in [3.8, 4) is 0 Å². The van der Waals surface area contributed by atoms with Gasteiger partial charge in [-0.05, 0) is 59.6 Å². The Balaban J connectivity index is 1.66. The van der Waals surface area contributed by atoms with Crippen molar-refractivity contribution in [1.29, 1.82) is 0 Å². The molecule has 2 N–H and O–H groups in total. The Morgan fingerprint density at radius 3 is 2.27 bits per heavy atom. The van der Waals surface area contributed by atoms with Gasteiger partial charge in [0.2, 0.25) is 0 Å². The van der Waals surface area contributed by atoms with E-state index in [-0.39, 0.29) is 31.7 Å². The molecule has 22 heavy (non-hydrogen) atoms. The summed E-state index contributed by atoms with van der Waals surface area (Å²) in [5, 5.41) is 13.8. The minimum atomic E-state index is -0.378. The van der Waals surface area contributed by atoms with E-state index < -0.39 is 0 Å². The zero-order valence-corrected chi connectivity index (χ0v) is 16.1. The summed E-state index contributed by atoms with van der Waals surface area (Å²) in [6.07, 6.45) is 13.1. The second-order valence-electron chi connectivity index (χ2n) is 6.30. The van der Waals surface area contributed by atoms with E-state index in [9.17, 15) is 0 Å². The Bertz CT molecular complexity index is 392. The Morgan fingerprint density at radius 2 is 1.64 bits per heavy atom. The summed E-state index contributed by atoms with van der Waals surface area (Å²) >= 11 is -0.378. The van der Waals surface area contributed by atoms with Gasteiger partial charge in [-0.25, -0.2) is 3.21 Å². The van der Waals surface area contributed by atoms with Crippen LogP contribution in [0.1, 0.15) is 51.4 Å². The van der Waals surface area contributed by atoms with Crippen LogP contribution in [0.15, 0.2) is 8.31 Å². The van der Waals surface area contributed by atoms with Gasteiger partial charge in [0, 0.05) is 25.3 Å². The molecule has 0 amide bonds. The van der Waals surface area contributed by atoms with E-state index in [4.69, 9.17) is 19.2 Å². The average Bonchev–Trinajstić information content (AvgIpc) is 2.54. The molecule has 0 unspecified atom stereocenters. The van der Waals surface area contributed by atoms with Gasteiger partial charge in [0.05, 0.1) is 13.2 Å². The van der Waals surface area contributed by atoms with Gasteiger partial charge >= 0.3 is 0 Å². The number of hydrazone groups is 1. The maximum Gasteiger partial charge on any atom is 0.153 e. The molecule has 2 rings (SSSR count). The third-order valence-electron chi connectivity index (χ3n) is 4.54. The summed E-state index contributed by atoms with van der Waals surface area (Å²) in [4.78, 5) is 5.90. The van der Waals surface area contributed by atoms with E-state index in [0.717, 1.165) is 51.4 Å². The zero-order chi connectivity index (χ0) is 15.8. The third kappa shape index (κ3) is 6.64. The molecule has 2 saturated carbocycles. The Morgan fingerprint density at radius 1 is 1.05 bits per heavy atom. The van der Waals surface area contributed by atoms with Crippen molar-refractivity contribution in [3.63, 3.8) is 0 Å². The largest absolute Gasteiger partial charge is 0.443 e. The lowest BCUT2D eigenvalue weighted by Gasteiger charge is -2.28. The minimum Gasteiger partial charge on any atom is -0.443 e. The molecule has 2 aliphatic carbocycles. The first-order chi connectivity index (χ1) is 10.7. The van der Waals surface area contributed by atoms with E-state index in [2.05, 4.69) is 14.5 Å². The van der Waals surface area contributed by atoms with Crippen LogP contribution < -0.4 is 0 Å². The van der Waals surface area contributed by atoms with Crippen molar-refractivity contribution in [2.75, 3.05) is 7.05 Å². The number of hydrogen-bond acceptors (Lipinski definition) is 4. The first-order valence-corrected chi connectivity index (χ1v) is 12.0. The molecule has 0 saturated heterocycles. The lowest BCUT2D eigenvalue weighted by molar-refractivity contribution is -0.190. The van der Waals surface area contributed by atoms with Gasteiger partial charge in [-0.15, -0.1) is 0 Å². The molecule has 2 fully saturated rings. The third-order valence-corrected chi connectivity index (χ3v) is 5.62. The molecule has 2 aliphatic rings. The summed E-state index contributed by atoms with van der Waals surface area (Å²) in [7, 11) is 6.82. The standard InChI is InChI=1S/C15H26IN3O2S/c1-19(18-11-13-2-6-14(20)7-3-13)21-15-8-4-12(5-9-15)10-17-16-22/h10-15,20H,2-9H2,1H3/p+1/b17-10?,18-11+. The van der Waals surface area contributed by atoms with Crippen molar-refractivity contribution in [2.45, 2.75) is 63.6 Å². The molecule has 5 nitrogen and oxygen atoms in total. The fraction of sp³-hybridized carbons (Fsp3) is 0.867. The molecule has 126 valence electrons. The predicted molar refractivity (Wildman–Crippen MR) is 103 cm³/mol. The summed E-state index contributed by atoms with van der Waals surface area (Å²) in [5.74, 6) is 1.11. The van der Waals surface area contributed by atoms with Gasteiger partial charge in [-0.1, -0.05) is 0 Å². The van der Waals surface area contributed by atoms with Crippen LogP contribution in [0, 0.1) is 11.8 Å². The quantitative estimate of drug-likeness (QED) is 0.274. The zero-order valence-electron chi connectivity index (χ0n) is 13.2. The van der Waals surface area contributed by atoms with Crippen LogP contribution in [-0.2, 0) is 4.84 Å². The van der Waals surface area contributed by atoms with Crippen LogP contribution in [0.2, 0.25) is 0 Å². The van der Waals surface area contributed by atoms with Crippen LogP contribution in [0.25, 0.3) is 0 Å². The first kappa shape index (κ1) is 18.4. The van der Waals surface area contributed by atoms with Gasteiger partial charge in [-0.3, -0.25) is 4.84 Å². The number of rotatable bonds is 6. The van der Waals surface area contributed by atoms with Crippen LogP contribution >= 0.6 is 28.8 Å². The van der Waals surface area contributed by atoms with Crippen LogP contribution in [0.5, 0.6) is 0 Å². The minimum absolute atomic E-state index is 0.139. The number of halogens is 1. The smallest absolute Gasteiger partial charge is 0.153 e. The van der Waals surface area contributed by atoms with Crippen molar-refractivity contribution in [2.24, 2.45) is 20.1 Å². The fourth-order valence-corrected chi connectivity index (χ4v) is 4.04. The molecule has 7 heteroatoms. The lowest BCUT2D eigenvalue weighted by Crippen LogP contribution is -2.28. The summed E-state index contributed by atoms with van der Waals surface area (Å²) in [5.41, 5.74) is 0. The van der Waals surface area contributed by atoms with Crippen molar-refractivity contribution >= 4 is 41.2 Å². The highest BCUT2D eigenvalue weighted by Crippen LogP contribution is 2.26. The molecular weight excluding hydrogens is 413 g/mol. The van der Waals surface area contributed by atoms with Crippen LogP contribution in [0.3, 0.4) is 0 Å². The van der Waals surface area contributed by atoms with Gasteiger partial charge < -0.3 is 5.11 Å². The van der Waals surface area contributed by atoms with E-state index in [1.165, 1.54) is 0 Å². The van der Waals surface area contributed by atoms with Gasteiger partial charge in [-0.2, -0.15) is 10.3 Å². The van der Waals surface area contributed by atoms with E-state index in [0.29, 0.717) is 11.8 Å². The van der Waals surface area contributed by atoms with Crippen LogP contribution in [0.4, 0.5) is 0 Å². The van der Waals surface area contributed by atoms with E-state index in [1.807, 2.05) is 13.3 Å². The second kappa shape index (κ2) is 10.00. The molecule has 0 radical (unpaired) electrons. The Kier molecular flexibility index (Phi) is 8.34. The van der Waals surface area contributed by atoms with Gasteiger partial charge in [0.1, 0.15) is 19.5 Å². The summed E-state index contributed by atoms with van der Waals surface area (Å²) < 4.78 is 4.28. The molecule has 0 spiro atoms. The van der Waals surface area contributed by atoms with Crippen molar-refractivity contribution < 1.29 is 9.94 Å². The molecule has 0 aromatic rings. The first-order valence-electron chi connectivity index (χ1n) is 8.13. The highest BCUT2D eigenvalue weighted by atomic mass is 127. The average molecular weight is 440 g/mol. The second-order valence-corrected chi connectivity index (χ2v) is 8.18. The molecule has 0 aliphatic heterocycles. The maximum atomic E-state index is 7.71. The van der Waals surface area contributed by atoms with Crippen molar-refractivity contribution in [3.05, 3.63) is 0 Å². The van der Waals surface area contributed by atoms with Gasteiger partial charge in [0.25, 0.3) is 0 Å². The molecule has 0 heterocycles. The normalized spacial score (nSPS) is 33.5. The monoisotopic (exact) mass is 440 g/mol. The van der Waals surface area contributed by atoms with Gasteiger partial charge in [0.15, 0.2) is 6.10 Å². The Labute approximate surface area is 146 Å².